The fourth-order valence-corrected chi connectivity index (χ4v) is 3.42. The lowest BCUT2D eigenvalue weighted by Crippen LogP contribution is -2.48. The summed E-state index contributed by atoms with van der Waals surface area (Å²) >= 11 is 0. The van der Waals surface area contributed by atoms with Crippen LogP contribution in [0.1, 0.15) is 29.7 Å². The summed E-state index contributed by atoms with van der Waals surface area (Å²) < 4.78 is 0. The minimum Gasteiger partial charge on any atom is -0.356 e. The van der Waals surface area contributed by atoms with E-state index in [1.807, 2.05) is 19.3 Å². The van der Waals surface area contributed by atoms with E-state index < -0.39 is 0 Å². The van der Waals surface area contributed by atoms with E-state index in [1.54, 1.807) is 0 Å². The summed E-state index contributed by atoms with van der Waals surface area (Å²) in [4.78, 5) is 11.3. The third-order valence-electron chi connectivity index (χ3n) is 5.09. The molecule has 0 saturated carbocycles. The molecule has 0 amide bonds. The molecule has 0 unspecified atom stereocenters. The molecule has 1 fully saturated rings. The Hall–Kier alpha value is -1.67. The summed E-state index contributed by atoms with van der Waals surface area (Å²) in [7, 11) is 1.84. The van der Waals surface area contributed by atoms with Crippen LogP contribution < -0.4 is 10.6 Å². The number of nitrogens with one attached hydrogen (secondary N) is 2. The number of nitrogens with zero attached hydrogens (tertiary/aromatic N) is 3. The van der Waals surface area contributed by atoms with E-state index >= 15 is 0 Å². The van der Waals surface area contributed by atoms with Crippen molar-refractivity contribution in [3.63, 3.8) is 0 Å². The molecule has 28 heavy (non-hydrogen) atoms. The number of aromatic nitrogens is 1. The van der Waals surface area contributed by atoms with Gasteiger partial charge in [-0.3, -0.25) is 14.9 Å². The topological polar surface area (TPSA) is 52.6 Å². The molecule has 5 nitrogen and oxygen atoms in total. The first kappa shape index (κ1) is 22.6. The first-order chi connectivity index (χ1) is 13.2. The van der Waals surface area contributed by atoms with Crippen molar-refractivity contribution in [1.82, 2.24) is 20.5 Å². The van der Waals surface area contributed by atoms with Gasteiger partial charge in [0.15, 0.2) is 5.96 Å². The number of benzene rings is 1. The standard InChI is InChI=1S/C22H31N5.HI/c1-18-6-8-19(9-7-18)10-14-25-22(23-2)26-20-11-15-27(16-12-20)17-21-5-3-4-13-24-21;/h3-9,13,20H,10-12,14-17H2,1-2H3,(H2,23,25,26);1H. The van der Waals surface area contributed by atoms with Crippen molar-refractivity contribution in [3.05, 3.63) is 65.5 Å². The SMILES string of the molecule is CN=C(NCCc1ccc(C)cc1)NC1CCN(Cc2ccccn2)CC1.I. The zero-order valence-electron chi connectivity index (χ0n) is 16.9. The Labute approximate surface area is 186 Å². The van der Waals surface area contributed by atoms with Crippen molar-refractivity contribution >= 4 is 29.9 Å². The Bertz CT molecular complexity index is 709. The average molecular weight is 493 g/mol. The number of piperidine rings is 1. The van der Waals surface area contributed by atoms with E-state index in [0.717, 1.165) is 57.1 Å². The Balaban J connectivity index is 0.00000280. The Morgan fingerprint density at radius 2 is 1.89 bits per heavy atom. The summed E-state index contributed by atoms with van der Waals surface area (Å²) in [6.07, 6.45) is 5.14. The van der Waals surface area contributed by atoms with Crippen molar-refractivity contribution in [2.45, 2.75) is 38.8 Å². The van der Waals surface area contributed by atoms with Gasteiger partial charge in [-0.15, -0.1) is 24.0 Å². The Morgan fingerprint density at radius 3 is 2.54 bits per heavy atom. The predicted molar refractivity (Wildman–Crippen MR) is 127 cm³/mol. The fraction of sp³-hybridized carbons (Fsp3) is 0.455. The molecule has 6 heteroatoms. The molecule has 1 aromatic heterocycles. The van der Waals surface area contributed by atoms with E-state index in [-0.39, 0.29) is 24.0 Å². The number of aliphatic imine (C=N–C) groups is 1. The van der Waals surface area contributed by atoms with Crippen LogP contribution in [0.2, 0.25) is 0 Å². The van der Waals surface area contributed by atoms with Gasteiger partial charge in [-0.2, -0.15) is 0 Å². The highest BCUT2D eigenvalue weighted by Gasteiger charge is 2.20. The van der Waals surface area contributed by atoms with E-state index in [1.165, 1.54) is 11.1 Å². The maximum atomic E-state index is 4.43. The van der Waals surface area contributed by atoms with Crippen LogP contribution in [0.3, 0.4) is 0 Å². The van der Waals surface area contributed by atoms with Gasteiger partial charge in [0.25, 0.3) is 0 Å². The number of aryl methyl sites for hydroxylation is 1. The number of pyridine rings is 1. The largest absolute Gasteiger partial charge is 0.356 e. The minimum absolute atomic E-state index is 0. The molecule has 1 aliphatic rings. The average Bonchev–Trinajstić information content (AvgIpc) is 2.71. The molecule has 0 aliphatic carbocycles. The maximum Gasteiger partial charge on any atom is 0.191 e. The van der Waals surface area contributed by atoms with Crippen LogP contribution in [0.4, 0.5) is 0 Å². The van der Waals surface area contributed by atoms with Crippen molar-refractivity contribution in [3.8, 4) is 0 Å². The van der Waals surface area contributed by atoms with E-state index in [0.29, 0.717) is 6.04 Å². The fourth-order valence-electron chi connectivity index (χ4n) is 3.42. The molecule has 152 valence electrons. The lowest BCUT2D eigenvalue weighted by molar-refractivity contribution is 0.196. The molecule has 0 bridgehead atoms. The number of rotatable bonds is 6. The highest BCUT2D eigenvalue weighted by molar-refractivity contribution is 14.0. The first-order valence-electron chi connectivity index (χ1n) is 9.88. The monoisotopic (exact) mass is 493 g/mol. The molecule has 0 spiro atoms. The number of halogens is 1. The molecule has 1 saturated heterocycles. The minimum atomic E-state index is 0. The summed E-state index contributed by atoms with van der Waals surface area (Å²) in [5.74, 6) is 0.908. The molecule has 0 atom stereocenters. The highest BCUT2D eigenvalue weighted by atomic mass is 127. The van der Waals surface area contributed by atoms with Crippen LogP contribution in [-0.2, 0) is 13.0 Å². The van der Waals surface area contributed by atoms with Crippen molar-refractivity contribution < 1.29 is 0 Å². The second kappa shape index (κ2) is 12.0. The molecule has 3 rings (SSSR count). The molecule has 1 aliphatic heterocycles. The zero-order chi connectivity index (χ0) is 18.9. The number of likely N-dealkylation sites (tertiary alicyclic amines) is 1. The number of hydrogen-bond donors (Lipinski definition) is 2. The quantitative estimate of drug-likeness (QED) is 0.368. The molecular formula is C22H32IN5. The number of guanidine groups is 1. The molecule has 0 radical (unpaired) electrons. The lowest BCUT2D eigenvalue weighted by Gasteiger charge is -2.32. The smallest absolute Gasteiger partial charge is 0.191 e. The normalized spacial score (nSPS) is 15.7. The lowest BCUT2D eigenvalue weighted by atomic mass is 10.0. The Kier molecular flexibility index (Phi) is 9.70. The van der Waals surface area contributed by atoms with E-state index in [4.69, 9.17) is 0 Å². The Morgan fingerprint density at radius 1 is 1.14 bits per heavy atom. The van der Waals surface area contributed by atoms with Gasteiger partial charge in [0.1, 0.15) is 0 Å². The van der Waals surface area contributed by atoms with Crippen molar-refractivity contribution in [1.29, 1.82) is 0 Å². The third-order valence-corrected chi connectivity index (χ3v) is 5.09. The molecule has 1 aromatic carbocycles. The maximum absolute atomic E-state index is 4.43. The van der Waals surface area contributed by atoms with Gasteiger partial charge in [-0.1, -0.05) is 35.9 Å². The first-order valence-corrected chi connectivity index (χ1v) is 9.88. The van der Waals surface area contributed by atoms with Crippen molar-refractivity contribution in [2.24, 2.45) is 4.99 Å². The third kappa shape index (κ3) is 7.39. The van der Waals surface area contributed by atoms with Gasteiger partial charge in [-0.05, 0) is 43.9 Å². The van der Waals surface area contributed by atoms with Gasteiger partial charge in [0.2, 0.25) is 0 Å². The molecular weight excluding hydrogens is 461 g/mol. The van der Waals surface area contributed by atoms with Crippen LogP contribution in [0.25, 0.3) is 0 Å². The van der Waals surface area contributed by atoms with Crippen LogP contribution >= 0.6 is 24.0 Å². The summed E-state index contributed by atoms with van der Waals surface area (Å²) in [6.45, 7) is 6.14. The van der Waals surface area contributed by atoms with Gasteiger partial charge < -0.3 is 10.6 Å². The molecule has 2 N–H and O–H groups in total. The van der Waals surface area contributed by atoms with Crippen LogP contribution in [0, 0.1) is 6.92 Å². The molecule has 2 aromatic rings. The second-order valence-corrected chi connectivity index (χ2v) is 7.25. The van der Waals surface area contributed by atoms with Crippen LogP contribution in [-0.4, -0.2) is 48.6 Å². The highest BCUT2D eigenvalue weighted by Crippen LogP contribution is 2.13. The predicted octanol–water partition coefficient (Wildman–Crippen LogP) is 3.38. The second-order valence-electron chi connectivity index (χ2n) is 7.25. The van der Waals surface area contributed by atoms with Gasteiger partial charge in [0.05, 0.1) is 5.69 Å². The van der Waals surface area contributed by atoms with Crippen LogP contribution in [0.5, 0.6) is 0 Å². The van der Waals surface area contributed by atoms with Gasteiger partial charge in [0, 0.05) is 45.5 Å². The van der Waals surface area contributed by atoms with Gasteiger partial charge >= 0.3 is 0 Å². The van der Waals surface area contributed by atoms with Crippen LogP contribution in [0.15, 0.2) is 53.7 Å². The zero-order valence-corrected chi connectivity index (χ0v) is 19.2. The van der Waals surface area contributed by atoms with Crippen molar-refractivity contribution in [2.75, 3.05) is 26.7 Å². The summed E-state index contributed by atoms with van der Waals surface area (Å²) in [6, 6.07) is 15.3. The summed E-state index contributed by atoms with van der Waals surface area (Å²) in [5.41, 5.74) is 3.81. The van der Waals surface area contributed by atoms with E-state index in [9.17, 15) is 0 Å². The molecule has 2 heterocycles. The van der Waals surface area contributed by atoms with E-state index in [2.05, 4.69) is 68.8 Å². The summed E-state index contributed by atoms with van der Waals surface area (Å²) in [5, 5.41) is 7.03. The van der Waals surface area contributed by atoms with Gasteiger partial charge in [-0.25, -0.2) is 0 Å². The number of hydrogen-bond acceptors (Lipinski definition) is 3.